The second-order valence-corrected chi connectivity index (χ2v) is 9.43. The second kappa shape index (κ2) is 11.7. The standard InChI is InChI=1S/C28H42O2/c1-6-7-8-9-10-11-12-27(25-15-13-23(14-16-25)21(2)3)28(29,30)26-19-17-24(18-20-26)22(4)5/h13-22,27,29-30H,6-12H2,1-5H3. The van der Waals surface area contributed by atoms with Crippen molar-refractivity contribution in [3.05, 3.63) is 70.8 Å². The third kappa shape index (κ3) is 6.68. The quantitative estimate of drug-likeness (QED) is 0.279. The smallest absolute Gasteiger partial charge is 0.196 e. The molecule has 0 aromatic heterocycles. The van der Waals surface area contributed by atoms with E-state index in [1.165, 1.54) is 36.8 Å². The summed E-state index contributed by atoms with van der Waals surface area (Å²) in [5, 5.41) is 22.6. The van der Waals surface area contributed by atoms with Crippen LogP contribution in [0, 0.1) is 0 Å². The second-order valence-electron chi connectivity index (χ2n) is 9.43. The highest BCUT2D eigenvalue weighted by Crippen LogP contribution is 2.39. The summed E-state index contributed by atoms with van der Waals surface area (Å²) in [5.41, 5.74) is 4.07. The summed E-state index contributed by atoms with van der Waals surface area (Å²) in [6.07, 6.45) is 7.94. The van der Waals surface area contributed by atoms with Gasteiger partial charge in [-0.3, -0.25) is 0 Å². The Kier molecular flexibility index (Phi) is 9.58. The Bertz CT molecular complexity index is 726. The van der Waals surface area contributed by atoms with Gasteiger partial charge in [0.15, 0.2) is 5.79 Å². The lowest BCUT2D eigenvalue weighted by atomic mass is 9.81. The lowest BCUT2D eigenvalue weighted by Gasteiger charge is -2.33. The molecule has 0 saturated carbocycles. The Morgan fingerprint density at radius 1 is 0.633 bits per heavy atom. The van der Waals surface area contributed by atoms with Crippen molar-refractivity contribution in [3.8, 4) is 0 Å². The highest BCUT2D eigenvalue weighted by Gasteiger charge is 2.37. The molecule has 0 heterocycles. The van der Waals surface area contributed by atoms with E-state index in [4.69, 9.17) is 0 Å². The van der Waals surface area contributed by atoms with Gasteiger partial charge in [-0.2, -0.15) is 0 Å². The van der Waals surface area contributed by atoms with Gasteiger partial charge in [0.05, 0.1) is 0 Å². The molecule has 0 spiro atoms. The Morgan fingerprint density at radius 3 is 1.57 bits per heavy atom. The Labute approximate surface area is 184 Å². The summed E-state index contributed by atoms with van der Waals surface area (Å²) in [4.78, 5) is 0. The predicted molar refractivity (Wildman–Crippen MR) is 128 cm³/mol. The Hall–Kier alpha value is -1.64. The largest absolute Gasteiger partial charge is 0.361 e. The van der Waals surface area contributed by atoms with Crippen molar-refractivity contribution in [2.75, 3.05) is 0 Å². The van der Waals surface area contributed by atoms with E-state index in [-0.39, 0.29) is 5.92 Å². The molecule has 30 heavy (non-hydrogen) atoms. The monoisotopic (exact) mass is 410 g/mol. The number of benzene rings is 2. The van der Waals surface area contributed by atoms with Gasteiger partial charge in [-0.1, -0.05) is 122 Å². The summed E-state index contributed by atoms with van der Waals surface area (Å²) in [6.45, 7) is 10.9. The van der Waals surface area contributed by atoms with Crippen LogP contribution in [0.3, 0.4) is 0 Å². The Balaban J connectivity index is 2.23. The molecule has 0 radical (unpaired) electrons. The summed E-state index contributed by atoms with van der Waals surface area (Å²) < 4.78 is 0. The van der Waals surface area contributed by atoms with Crippen LogP contribution < -0.4 is 0 Å². The van der Waals surface area contributed by atoms with Crippen LogP contribution in [0.2, 0.25) is 0 Å². The van der Waals surface area contributed by atoms with Gasteiger partial charge in [0, 0.05) is 11.5 Å². The normalized spacial score (nSPS) is 13.2. The fraction of sp³-hybridized carbons (Fsp3) is 0.571. The van der Waals surface area contributed by atoms with Gasteiger partial charge in [0.2, 0.25) is 0 Å². The van der Waals surface area contributed by atoms with E-state index in [2.05, 4.69) is 58.9 Å². The summed E-state index contributed by atoms with van der Waals surface area (Å²) >= 11 is 0. The van der Waals surface area contributed by atoms with Crippen LogP contribution in [0.1, 0.15) is 120 Å². The summed E-state index contributed by atoms with van der Waals surface area (Å²) in [7, 11) is 0. The molecule has 0 aliphatic heterocycles. The molecule has 2 aromatic rings. The molecule has 2 heteroatoms. The van der Waals surface area contributed by atoms with Crippen molar-refractivity contribution in [2.45, 2.75) is 103 Å². The molecule has 2 aromatic carbocycles. The van der Waals surface area contributed by atoms with Crippen LogP contribution in [0.25, 0.3) is 0 Å². The molecule has 0 amide bonds. The maximum atomic E-state index is 11.3. The van der Waals surface area contributed by atoms with E-state index in [1.807, 2.05) is 24.3 Å². The van der Waals surface area contributed by atoms with Crippen LogP contribution >= 0.6 is 0 Å². The first kappa shape index (κ1) is 24.6. The van der Waals surface area contributed by atoms with Gasteiger partial charge in [-0.05, 0) is 34.9 Å². The van der Waals surface area contributed by atoms with Crippen LogP contribution in [0.5, 0.6) is 0 Å². The van der Waals surface area contributed by atoms with E-state index in [0.717, 1.165) is 24.8 Å². The molecule has 0 fully saturated rings. The average Bonchev–Trinajstić information content (AvgIpc) is 2.73. The predicted octanol–water partition coefficient (Wildman–Crippen LogP) is 7.61. The topological polar surface area (TPSA) is 40.5 Å². The number of hydrogen-bond acceptors (Lipinski definition) is 2. The first-order chi connectivity index (χ1) is 14.3. The van der Waals surface area contributed by atoms with E-state index in [1.54, 1.807) is 0 Å². The molecular weight excluding hydrogens is 368 g/mol. The van der Waals surface area contributed by atoms with Crippen molar-refractivity contribution in [1.29, 1.82) is 0 Å². The number of rotatable bonds is 12. The zero-order valence-corrected chi connectivity index (χ0v) is 19.7. The van der Waals surface area contributed by atoms with Crippen molar-refractivity contribution in [1.82, 2.24) is 0 Å². The Morgan fingerprint density at radius 2 is 1.07 bits per heavy atom. The lowest BCUT2D eigenvalue weighted by molar-refractivity contribution is -0.190. The van der Waals surface area contributed by atoms with Gasteiger partial charge in [0.25, 0.3) is 0 Å². The molecule has 0 bridgehead atoms. The van der Waals surface area contributed by atoms with E-state index in [0.29, 0.717) is 17.4 Å². The average molecular weight is 411 g/mol. The van der Waals surface area contributed by atoms with Gasteiger partial charge >= 0.3 is 0 Å². The first-order valence-corrected chi connectivity index (χ1v) is 11.9. The minimum Gasteiger partial charge on any atom is -0.361 e. The lowest BCUT2D eigenvalue weighted by Crippen LogP contribution is -2.33. The summed E-state index contributed by atoms with van der Waals surface area (Å²) in [5.74, 6) is -1.33. The maximum absolute atomic E-state index is 11.3. The van der Waals surface area contributed by atoms with E-state index < -0.39 is 5.79 Å². The third-order valence-corrected chi connectivity index (χ3v) is 6.34. The fourth-order valence-corrected chi connectivity index (χ4v) is 4.16. The molecule has 1 atom stereocenters. The highest BCUT2D eigenvalue weighted by molar-refractivity contribution is 5.33. The van der Waals surface area contributed by atoms with Crippen LogP contribution in [-0.2, 0) is 5.79 Å². The molecule has 2 nitrogen and oxygen atoms in total. The van der Waals surface area contributed by atoms with Gasteiger partial charge in [-0.25, -0.2) is 0 Å². The molecule has 0 saturated heterocycles. The zero-order valence-electron chi connectivity index (χ0n) is 19.7. The molecule has 0 aliphatic rings. The maximum Gasteiger partial charge on any atom is 0.196 e. The van der Waals surface area contributed by atoms with Crippen LogP contribution in [-0.4, -0.2) is 10.2 Å². The fourth-order valence-electron chi connectivity index (χ4n) is 4.16. The van der Waals surface area contributed by atoms with Crippen molar-refractivity contribution < 1.29 is 10.2 Å². The van der Waals surface area contributed by atoms with E-state index in [9.17, 15) is 10.2 Å². The van der Waals surface area contributed by atoms with Crippen molar-refractivity contribution >= 4 is 0 Å². The zero-order chi connectivity index (χ0) is 22.1. The van der Waals surface area contributed by atoms with Crippen LogP contribution in [0.4, 0.5) is 0 Å². The molecule has 0 aliphatic carbocycles. The van der Waals surface area contributed by atoms with Gasteiger partial charge in [0.1, 0.15) is 0 Å². The molecular formula is C28H42O2. The molecule has 166 valence electrons. The number of hydrogen-bond donors (Lipinski definition) is 2. The van der Waals surface area contributed by atoms with Crippen LogP contribution in [0.15, 0.2) is 48.5 Å². The summed E-state index contributed by atoms with van der Waals surface area (Å²) in [6, 6.07) is 16.2. The molecule has 2 N–H and O–H groups in total. The minimum absolute atomic E-state index is 0.338. The number of unbranched alkanes of at least 4 members (excludes halogenated alkanes) is 5. The van der Waals surface area contributed by atoms with Crippen molar-refractivity contribution in [2.24, 2.45) is 0 Å². The molecule has 2 rings (SSSR count). The molecule has 1 unspecified atom stereocenters. The SMILES string of the molecule is CCCCCCCCC(c1ccc(C(C)C)cc1)C(O)(O)c1ccc(C(C)C)cc1. The van der Waals surface area contributed by atoms with Crippen molar-refractivity contribution in [3.63, 3.8) is 0 Å². The van der Waals surface area contributed by atoms with E-state index >= 15 is 0 Å². The van der Waals surface area contributed by atoms with Gasteiger partial charge < -0.3 is 10.2 Å². The first-order valence-electron chi connectivity index (χ1n) is 11.9. The highest BCUT2D eigenvalue weighted by atomic mass is 16.5. The van der Waals surface area contributed by atoms with Gasteiger partial charge in [-0.15, -0.1) is 0 Å². The number of aliphatic hydroxyl groups is 2. The third-order valence-electron chi connectivity index (χ3n) is 6.34. The minimum atomic E-state index is -1.88.